The van der Waals surface area contributed by atoms with E-state index in [4.69, 9.17) is 0 Å². The summed E-state index contributed by atoms with van der Waals surface area (Å²) < 4.78 is 0. The van der Waals surface area contributed by atoms with Crippen molar-refractivity contribution in [3.05, 3.63) is 166 Å². The molecule has 0 nitrogen and oxygen atoms in total. The van der Waals surface area contributed by atoms with E-state index in [0.717, 1.165) is 12.8 Å². The van der Waals surface area contributed by atoms with Gasteiger partial charge in [-0.2, -0.15) is 0 Å². The van der Waals surface area contributed by atoms with Gasteiger partial charge in [-0.05, 0) is 103 Å². The van der Waals surface area contributed by atoms with Crippen molar-refractivity contribution in [3.63, 3.8) is 0 Å². The van der Waals surface area contributed by atoms with Gasteiger partial charge < -0.3 is 0 Å². The number of rotatable bonds is 4. The Morgan fingerprint density at radius 1 is 0.442 bits per heavy atom. The van der Waals surface area contributed by atoms with Gasteiger partial charge in [0.25, 0.3) is 0 Å². The lowest BCUT2D eigenvalue weighted by Crippen LogP contribution is -2.55. The summed E-state index contributed by atoms with van der Waals surface area (Å²) in [5.74, 6) is 0. The van der Waals surface area contributed by atoms with Crippen LogP contribution in [-0.2, 0) is 12.8 Å². The second kappa shape index (κ2) is 9.79. The Balaban J connectivity index is 1.35. The highest BCUT2D eigenvalue weighted by Gasteiger charge is 2.37. The first-order valence-corrected chi connectivity index (χ1v) is 18.5. The molecule has 6 aromatic rings. The number of hydrogen-bond acceptors (Lipinski definition) is 0. The van der Waals surface area contributed by atoms with Crippen molar-refractivity contribution in [2.24, 2.45) is 0 Å². The van der Waals surface area contributed by atoms with Crippen LogP contribution in [0.5, 0.6) is 0 Å². The van der Waals surface area contributed by atoms with E-state index in [0.29, 0.717) is 0 Å². The van der Waals surface area contributed by atoms with Gasteiger partial charge in [0.1, 0.15) is 8.07 Å². The van der Waals surface area contributed by atoms with Gasteiger partial charge in [0.05, 0.1) is 0 Å². The van der Waals surface area contributed by atoms with Gasteiger partial charge in [0.15, 0.2) is 0 Å². The molecule has 0 fully saturated rings. The summed E-state index contributed by atoms with van der Waals surface area (Å²) in [6.07, 6.45) is 2.05. The first-order chi connectivity index (χ1) is 20.9. The van der Waals surface area contributed by atoms with Crippen molar-refractivity contribution in [1.82, 2.24) is 0 Å². The molecule has 208 valence electrons. The van der Waals surface area contributed by atoms with Crippen molar-refractivity contribution < 1.29 is 0 Å². The predicted molar refractivity (Wildman–Crippen MR) is 188 cm³/mol. The summed E-state index contributed by atoms with van der Waals surface area (Å²) >= 11 is 0. The zero-order valence-corrected chi connectivity index (χ0v) is 26.5. The normalized spacial score (nSPS) is 14.6. The molecule has 2 aliphatic carbocycles. The van der Waals surface area contributed by atoms with Crippen LogP contribution in [0.4, 0.5) is 0 Å². The summed E-state index contributed by atoms with van der Waals surface area (Å²) in [5.41, 5.74) is 14.6. The number of hydrogen-bond donors (Lipinski definition) is 0. The standard InChI is InChI=1S/C42H36Si/c1-27-25-31-17-11-23-37(41(31)39(27)35-21-9-15-29-13-5-7-19-33(29)35)43(3,4)38-24-12-18-32-26-28(2)40(42(32)38)36-22-10-16-30-14-6-8-20-34(30)36/h5-24H,25-26H2,1-4H3. The van der Waals surface area contributed by atoms with Crippen LogP contribution < -0.4 is 10.4 Å². The minimum Gasteiger partial charge on any atom is -0.0620 e. The Hall–Kier alpha value is -4.46. The number of fused-ring (bicyclic) bond motifs is 4. The Labute approximate surface area is 256 Å². The van der Waals surface area contributed by atoms with E-state index in [-0.39, 0.29) is 0 Å². The third-order valence-electron chi connectivity index (χ3n) is 10.0. The van der Waals surface area contributed by atoms with Gasteiger partial charge in [-0.3, -0.25) is 0 Å². The maximum Gasteiger partial charge on any atom is 0.113 e. The molecule has 0 amide bonds. The largest absolute Gasteiger partial charge is 0.113 e. The first kappa shape index (κ1) is 26.2. The zero-order valence-electron chi connectivity index (χ0n) is 25.5. The Morgan fingerprint density at radius 3 is 1.30 bits per heavy atom. The molecule has 6 aromatic carbocycles. The summed E-state index contributed by atoms with van der Waals surface area (Å²) in [6, 6.07) is 45.6. The minimum atomic E-state index is -2.18. The van der Waals surface area contributed by atoms with Gasteiger partial charge in [-0.1, -0.05) is 146 Å². The molecular formula is C42H36Si. The van der Waals surface area contributed by atoms with Crippen LogP contribution in [0.15, 0.2) is 132 Å². The molecule has 0 atom stereocenters. The molecule has 0 N–H and O–H groups in total. The van der Waals surface area contributed by atoms with Crippen molar-refractivity contribution in [3.8, 4) is 0 Å². The third-order valence-corrected chi connectivity index (χ3v) is 13.6. The van der Waals surface area contributed by atoms with E-state index in [1.54, 1.807) is 10.4 Å². The zero-order chi connectivity index (χ0) is 29.3. The highest BCUT2D eigenvalue weighted by Crippen LogP contribution is 2.42. The monoisotopic (exact) mass is 568 g/mol. The Kier molecular flexibility index (Phi) is 5.96. The average Bonchev–Trinajstić information content (AvgIpc) is 3.55. The van der Waals surface area contributed by atoms with Gasteiger partial charge in [-0.15, -0.1) is 0 Å². The average molecular weight is 569 g/mol. The summed E-state index contributed by atoms with van der Waals surface area (Å²) in [6.45, 7) is 9.86. The van der Waals surface area contributed by atoms with Crippen LogP contribution in [0.25, 0.3) is 32.7 Å². The summed E-state index contributed by atoms with van der Waals surface area (Å²) in [7, 11) is -2.18. The third kappa shape index (κ3) is 3.95. The lowest BCUT2D eigenvalue weighted by molar-refractivity contribution is 1.19. The summed E-state index contributed by atoms with van der Waals surface area (Å²) in [4.78, 5) is 0. The topological polar surface area (TPSA) is 0 Å². The molecule has 0 aliphatic heterocycles. The molecule has 0 unspecified atom stereocenters. The van der Waals surface area contributed by atoms with E-state index >= 15 is 0 Å². The van der Waals surface area contributed by atoms with Crippen LogP contribution in [0, 0.1) is 0 Å². The van der Waals surface area contributed by atoms with Gasteiger partial charge >= 0.3 is 0 Å². The number of benzene rings is 6. The fraction of sp³-hybridized carbons (Fsp3) is 0.143. The molecule has 0 bridgehead atoms. The van der Waals surface area contributed by atoms with Crippen LogP contribution in [0.3, 0.4) is 0 Å². The highest BCUT2D eigenvalue weighted by atomic mass is 28.3. The molecule has 0 heterocycles. The van der Waals surface area contributed by atoms with E-state index in [1.165, 1.54) is 77.2 Å². The molecular weight excluding hydrogens is 533 g/mol. The summed E-state index contributed by atoms with van der Waals surface area (Å²) in [5, 5.41) is 8.42. The van der Waals surface area contributed by atoms with E-state index < -0.39 is 8.07 Å². The SMILES string of the molecule is CC1=C(c2cccc3ccccc23)c2c(cccc2[Si](C)(C)c2cccc3c2C(c2cccc4ccccc24)=C(C)C3)C1. The van der Waals surface area contributed by atoms with Crippen molar-refractivity contribution in [1.29, 1.82) is 0 Å². The minimum absolute atomic E-state index is 1.03. The van der Waals surface area contributed by atoms with Crippen LogP contribution in [0.2, 0.25) is 13.1 Å². The maximum atomic E-state index is 2.58. The van der Waals surface area contributed by atoms with Crippen LogP contribution in [0.1, 0.15) is 47.2 Å². The lowest BCUT2D eigenvalue weighted by Gasteiger charge is -2.31. The second-order valence-corrected chi connectivity index (χ2v) is 17.3. The molecule has 0 radical (unpaired) electrons. The fourth-order valence-electron chi connectivity index (χ4n) is 8.06. The fourth-order valence-corrected chi connectivity index (χ4v) is 11.2. The van der Waals surface area contributed by atoms with Gasteiger partial charge in [-0.25, -0.2) is 0 Å². The van der Waals surface area contributed by atoms with Crippen LogP contribution >= 0.6 is 0 Å². The molecule has 1 heteroatoms. The predicted octanol–water partition coefficient (Wildman–Crippen LogP) is 9.57. The van der Waals surface area contributed by atoms with E-state index in [2.05, 4.69) is 148 Å². The van der Waals surface area contributed by atoms with Crippen molar-refractivity contribution in [2.45, 2.75) is 39.8 Å². The van der Waals surface area contributed by atoms with Gasteiger partial charge in [0, 0.05) is 0 Å². The molecule has 0 saturated heterocycles. The molecule has 0 saturated carbocycles. The van der Waals surface area contributed by atoms with Crippen molar-refractivity contribution in [2.75, 3.05) is 0 Å². The molecule has 0 aromatic heterocycles. The molecule has 2 aliphatic rings. The highest BCUT2D eigenvalue weighted by molar-refractivity contribution is 7.01. The van der Waals surface area contributed by atoms with E-state index in [9.17, 15) is 0 Å². The van der Waals surface area contributed by atoms with Gasteiger partial charge in [0.2, 0.25) is 0 Å². The Bertz CT molecular complexity index is 2010. The number of allylic oxidation sites excluding steroid dienone is 2. The molecule has 0 spiro atoms. The van der Waals surface area contributed by atoms with Crippen molar-refractivity contribution >= 4 is 51.1 Å². The van der Waals surface area contributed by atoms with Crippen LogP contribution in [-0.4, -0.2) is 8.07 Å². The quantitative estimate of drug-likeness (QED) is 0.186. The second-order valence-electron chi connectivity index (χ2n) is 13.0. The first-order valence-electron chi connectivity index (χ1n) is 15.5. The molecule has 8 rings (SSSR count). The van der Waals surface area contributed by atoms with E-state index in [1.807, 2.05) is 0 Å². The molecule has 43 heavy (non-hydrogen) atoms. The Morgan fingerprint density at radius 2 is 0.837 bits per heavy atom. The lowest BCUT2D eigenvalue weighted by atomic mass is 9.93. The maximum absolute atomic E-state index is 2.58. The smallest absolute Gasteiger partial charge is 0.0620 e.